The second kappa shape index (κ2) is 5.12. The summed E-state index contributed by atoms with van der Waals surface area (Å²) in [7, 11) is 1.36. The largest absolute Gasteiger partial charge is 0.465 e. The fourth-order valence-electron chi connectivity index (χ4n) is 1.80. The van der Waals surface area contributed by atoms with Crippen molar-refractivity contribution in [3.63, 3.8) is 0 Å². The normalized spacial score (nSPS) is 17.8. The van der Waals surface area contributed by atoms with E-state index in [2.05, 4.69) is 14.8 Å². The van der Waals surface area contributed by atoms with Gasteiger partial charge in [0.25, 0.3) is 0 Å². The summed E-state index contributed by atoms with van der Waals surface area (Å²) in [4.78, 5) is 15.2. The van der Waals surface area contributed by atoms with Crippen LogP contribution in [0.15, 0.2) is 28.2 Å². The van der Waals surface area contributed by atoms with Gasteiger partial charge < -0.3 is 4.74 Å². The lowest BCUT2D eigenvalue weighted by Gasteiger charge is -2.21. The summed E-state index contributed by atoms with van der Waals surface area (Å²) >= 11 is 1.67. The second-order valence-corrected chi connectivity index (χ2v) is 4.74. The van der Waals surface area contributed by atoms with Gasteiger partial charge in [-0.05, 0) is 35.4 Å². The summed E-state index contributed by atoms with van der Waals surface area (Å²) in [5.41, 5.74) is 10.0. The third-order valence-corrected chi connectivity index (χ3v) is 3.74. The van der Waals surface area contributed by atoms with Gasteiger partial charge in [-0.2, -0.15) is 0 Å². The third-order valence-electron chi connectivity index (χ3n) is 2.63. The fourth-order valence-corrected chi connectivity index (χ4v) is 2.94. The van der Waals surface area contributed by atoms with E-state index in [1.54, 1.807) is 23.9 Å². The average molecular weight is 249 g/mol. The zero-order valence-electron chi connectivity index (χ0n) is 9.29. The molecule has 0 aromatic heterocycles. The van der Waals surface area contributed by atoms with Crippen LogP contribution >= 0.6 is 11.8 Å². The summed E-state index contributed by atoms with van der Waals surface area (Å²) < 4.78 is 4.67. The molecular formula is C11H11N3O2S. The van der Waals surface area contributed by atoms with Crippen molar-refractivity contribution in [3.05, 3.63) is 39.8 Å². The topological polar surface area (TPSA) is 75.1 Å². The number of fused-ring (bicyclic) bond motifs is 1. The molecule has 2 rings (SSSR count). The number of benzene rings is 1. The van der Waals surface area contributed by atoms with Crippen LogP contribution in [0, 0.1) is 0 Å². The predicted octanol–water partition coefficient (Wildman–Crippen LogP) is 3.32. The van der Waals surface area contributed by atoms with Crippen LogP contribution in [0.25, 0.3) is 10.4 Å². The first-order chi connectivity index (χ1) is 8.26. The van der Waals surface area contributed by atoms with Crippen LogP contribution in [0.3, 0.4) is 0 Å². The van der Waals surface area contributed by atoms with Crippen molar-refractivity contribution in [1.29, 1.82) is 0 Å². The minimum absolute atomic E-state index is 0.122. The highest BCUT2D eigenvalue weighted by Gasteiger charge is 2.20. The maximum Gasteiger partial charge on any atom is 0.337 e. The number of carbonyl (C=O) groups is 1. The van der Waals surface area contributed by atoms with Crippen molar-refractivity contribution < 1.29 is 9.53 Å². The minimum Gasteiger partial charge on any atom is -0.465 e. The Morgan fingerprint density at radius 3 is 3.18 bits per heavy atom. The number of nitrogens with zero attached hydrogens (tertiary/aromatic N) is 3. The summed E-state index contributed by atoms with van der Waals surface area (Å²) in [6, 6.07) is 5.22. The molecule has 1 atom stereocenters. The molecule has 1 aliphatic rings. The van der Waals surface area contributed by atoms with Crippen LogP contribution in [-0.2, 0) is 4.74 Å². The molecule has 0 fully saturated rings. The molecule has 0 aliphatic carbocycles. The third kappa shape index (κ3) is 2.38. The number of azide groups is 1. The van der Waals surface area contributed by atoms with E-state index in [1.165, 1.54) is 7.11 Å². The molecule has 5 nitrogen and oxygen atoms in total. The maximum absolute atomic E-state index is 11.4. The van der Waals surface area contributed by atoms with Gasteiger partial charge in [-0.1, -0.05) is 11.2 Å². The molecule has 88 valence electrons. The zero-order valence-corrected chi connectivity index (χ0v) is 10.1. The van der Waals surface area contributed by atoms with Crippen molar-refractivity contribution in [3.8, 4) is 0 Å². The van der Waals surface area contributed by atoms with Crippen molar-refractivity contribution in [1.82, 2.24) is 0 Å². The van der Waals surface area contributed by atoms with Gasteiger partial charge in [-0.3, -0.25) is 0 Å². The predicted molar refractivity (Wildman–Crippen MR) is 65.0 cm³/mol. The molecule has 0 unspecified atom stereocenters. The highest BCUT2D eigenvalue weighted by atomic mass is 32.2. The van der Waals surface area contributed by atoms with Gasteiger partial charge in [0.05, 0.1) is 18.7 Å². The van der Waals surface area contributed by atoms with Crippen LogP contribution in [-0.4, -0.2) is 18.8 Å². The van der Waals surface area contributed by atoms with Gasteiger partial charge in [-0.25, -0.2) is 4.79 Å². The Morgan fingerprint density at radius 1 is 1.65 bits per heavy atom. The van der Waals surface area contributed by atoms with Crippen LogP contribution in [0.5, 0.6) is 0 Å². The number of esters is 1. The number of thioether (sulfide) groups is 1. The van der Waals surface area contributed by atoms with Crippen molar-refractivity contribution in [2.45, 2.75) is 17.4 Å². The number of ether oxygens (including phenoxy) is 1. The quantitative estimate of drug-likeness (QED) is 0.349. The average Bonchev–Trinajstić information content (AvgIpc) is 2.38. The molecule has 6 heteroatoms. The van der Waals surface area contributed by atoms with Gasteiger partial charge in [0.2, 0.25) is 0 Å². The number of hydrogen-bond acceptors (Lipinski definition) is 4. The van der Waals surface area contributed by atoms with Gasteiger partial charge in [-0.15, -0.1) is 11.8 Å². The summed E-state index contributed by atoms with van der Waals surface area (Å²) in [6.07, 6.45) is 0.833. The zero-order chi connectivity index (χ0) is 12.3. The van der Waals surface area contributed by atoms with Crippen molar-refractivity contribution in [2.75, 3.05) is 12.9 Å². The molecule has 0 spiro atoms. The van der Waals surface area contributed by atoms with E-state index < -0.39 is 0 Å². The Morgan fingerprint density at radius 2 is 2.47 bits per heavy atom. The lowest BCUT2D eigenvalue weighted by molar-refractivity contribution is 0.0600. The monoisotopic (exact) mass is 249 g/mol. The van der Waals surface area contributed by atoms with Crippen LogP contribution in [0.1, 0.15) is 28.4 Å². The van der Waals surface area contributed by atoms with E-state index in [0.29, 0.717) is 5.56 Å². The Kier molecular flexibility index (Phi) is 3.56. The highest BCUT2D eigenvalue weighted by molar-refractivity contribution is 7.99. The van der Waals surface area contributed by atoms with E-state index in [0.717, 1.165) is 22.6 Å². The summed E-state index contributed by atoms with van der Waals surface area (Å²) in [6.45, 7) is 0. The Hall–Kier alpha value is -1.65. The van der Waals surface area contributed by atoms with Crippen molar-refractivity contribution >= 4 is 17.7 Å². The molecule has 0 N–H and O–H groups in total. The lowest BCUT2D eigenvalue weighted by Crippen LogP contribution is -2.07. The van der Waals surface area contributed by atoms with Crippen LogP contribution < -0.4 is 0 Å². The first-order valence-electron chi connectivity index (χ1n) is 5.15. The van der Waals surface area contributed by atoms with Gasteiger partial charge >= 0.3 is 5.97 Å². The molecule has 1 aliphatic heterocycles. The van der Waals surface area contributed by atoms with Gasteiger partial charge in [0, 0.05) is 9.81 Å². The number of methoxy groups -OCH3 is 1. The molecule has 17 heavy (non-hydrogen) atoms. The Bertz CT molecular complexity index is 497. The molecule has 1 aromatic carbocycles. The first-order valence-corrected chi connectivity index (χ1v) is 6.14. The van der Waals surface area contributed by atoms with E-state index in [-0.39, 0.29) is 12.0 Å². The molecule has 1 aromatic rings. The van der Waals surface area contributed by atoms with E-state index >= 15 is 0 Å². The SMILES string of the molecule is COC(=O)c1ccc2c(c1)SCC[C@@H]2N=[N+]=[N-]. The molecule has 0 saturated heterocycles. The molecule has 1 heterocycles. The van der Waals surface area contributed by atoms with E-state index in [1.807, 2.05) is 6.07 Å². The Balaban J connectivity index is 2.39. The number of rotatable bonds is 2. The molecule has 0 saturated carbocycles. The maximum atomic E-state index is 11.4. The molecule has 0 amide bonds. The van der Waals surface area contributed by atoms with Crippen LogP contribution in [0.4, 0.5) is 0 Å². The standard InChI is InChI=1S/C11H11N3O2S/c1-16-11(15)7-2-3-8-9(13-14-12)4-5-17-10(8)6-7/h2-3,6,9H,4-5H2,1H3/t9-/m0/s1. The first kappa shape index (κ1) is 11.8. The molecule has 0 bridgehead atoms. The summed E-state index contributed by atoms with van der Waals surface area (Å²) in [5, 5.41) is 3.77. The fraction of sp³-hybridized carbons (Fsp3) is 0.364. The highest BCUT2D eigenvalue weighted by Crippen LogP contribution is 2.38. The Labute approximate surface area is 103 Å². The molecule has 0 radical (unpaired) electrons. The lowest BCUT2D eigenvalue weighted by atomic mass is 10.0. The van der Waals surface area contributed by atoms with Crippen LogP contribution in [0.2, 0.25) is 0 Å². The minimum atomic E-state index is -0.348. The summed E-state index contributed by atoms with van der Waals surface area (Å²) in [5.74, 6) is 0.542. The van der Waals surface area contributed by atoms with Crippen molar-refractivity contribution in [2.24, 2.45) is 5.11 Å². The van der Waals surface area contributed by atoms with E-state index in [4.69, 9.17) is 5.53 Å². The molecular weight excluding hydrogens is 238 g/mol. The second-order valence-electron chi connectivity index (χ2n) is 3.60. The number of hydrogen-bond donors (Lipinski definition) is 0. The smallest absolute Gasteiger partial charge is 0.337 e. The van der Waals surface area contributed by atoms with Gasteiger partial charge in [0.15, 0.2) is 0 Å². The van der Waals surface area contributed by atoms with E-state index in [9.17, 15) is 4.79 Å². The van der Waals surface area contributed by atoms with Gasteiger partial charge in [0.1, 0.15) is 0 Å². The number of carbonyl (C=O) groups excluding carboxylic acids is 1.